The van der Waals surface area contributed by atoms with Gasteiger partial charge >= 0.3 is 0 Å². The van der Waals surface area contributed by atoms with Crippen LogP contribution in [-0.4, -0.2) is 18.6 Å². The molecule has 3 heteroatoms. The van der Waals surface area contributed by atoms with Gasteiger partial charge in [-0.15, -0.1) is 0 Å². The summed E-state index contributed by atoms with van der Waals surface area (Å²) in [6.45, 7) is 9.62. The molecule has 1 aromatic rings. The highest BCUT2D eigenvalue weighted by molar-refractivity contribution is 5.26. The number of nitrogens with zero attached hydrogens (tertiary/aromatic N) is 1. The van der Waals surface area contributed by atoms with Crippen molar-refractivity contribution in [1.82, 2.24) is 10.3 Å². The summed E-state index contributed by atoms with van der Waals surface area (Å²) in [6.07, 6.45) is 4.73. The minimum Gasteiger partial charge on any atom is -0.492 e. The number of aromatic nitrogens is 1. The molecule has 102 valence electrons. The average Bonchev–Trinajstić information content (AvgIpc) is 2.37. The predicted octanol–water partition coefficient (Wildman–Crippen LogP) is 3.42. The Kier molecular flexibility index (Phi) is 6.13. The van der Waals surface area contributed by atoms with Crippen LogP contribution in [0.15, 0.2) is 18.5 Å². The van der Waals surface area contributed by atoms with E-state index in [0.29, 0.717) is 17.9 Å². The molecule has 1 N–H and O–H groups in total. The summed E-state index contributed by atoms with van der Waals surface area (Å²) >= 11 is 0. The molecule has 0 radical (unpaired) electrons. The zero-order valence-corrected chi connectivity index (χ0v) is 12.2. The van der Waals surface area contributed by atoms with Crippen LogP contribution in [0.3, 0.4) is 0 Å². The molecule has 0 amide bonds. The van der Waals surface area contributed by atoms with Crippen molar-refractivity contribution in [2.24, 2.45) is 11.8 Å². The van der Waals surface area contributed by atoms with Crippen LogP contribution in [0.2, 0.25) is 0 Å². The molecule has 0 aliphatic rings. The van der Waals surface area contributed by atoms with Crippen molar-refractivity contribution in [3.05, 3.63) is 24.0 Å². The van der Waals surface area contributed by atoms with E-state index in [0.717, 1.165) is 18.8 Å². The van der Waals surface area contributed by atoms with E-state index in [9.17, 15) is 0 Å². The number of ether oxygens (including phenoxy) is 1. The van der Waals surface area contributed by atoms with E-state index in [1.165, 1.54) is 5.56 Å². The maximum absolute atomic E-state index is 5.64. The molecule has 0 aliphatic carbocycles. The Bertz CT molecular complexity index is 352. The second-order valence-electron chi connectivity index (χ2n) is 5.17. The maximum atomic E-state index is 5.64. The van der Waals surface area contributed by atoms with E-state index in [1.54, 1.807) is 6.20 Å². The van der Waals surface area contributed by atoms with Gasteiger partial charge in [-0.25, -0.2) is 0 Å². The highest BCUT2D eigenvalue weighted by Gasteiger charge is 2.21. The van der Waals surface area contributed by atoms with Crippen LogP contribution in [-0.2, 0) is 0 Å². The molecule has 0 spiro atoms. The summed E-state index contributed by atoms with van der Waals surface area (Å²) in [5.41, 5.74) is 1.20. The minimum absolute atomic E-state index is 0.322. The second-order valence-corrected chi connectivity index (χ2v) is 5.17. The molecule has 0 saturated heterocycles. The van der Waals surface area contributed by atoms with Crippen LogP contribution in [0.4, 0.5) is 0 Å². The number of pyridine rings is 1. The van der Waals surface area contributed by atoms with Crippen LogP contribution in [0, 0.1) is 11.8 Å². The molecule has 1 heterocycles. The normalized spacial score (nSPS) is 14.6. The Morgan fingerprint density at radius 1 is 1.28 bits per heavy atom. The highest BCUT2D eigenvalue weighted by atomic mass is 16.5. The van der Waals surface area contributed by atoms with E-state index in [-0.39, 0.29) is 0 Å². The van der Waals surface area contributed by atoms with Crippen LogP contribution in [0.5, 0.6) is 5.75 Å². The first kappa shape index (κ1) is 15.0. The van der Waals surface area contributed by atoms with Gasteiger partial charge in [-0.2, -0.15) is 0 Å². The SMILES string of the molecule is CCCOc1cncc(C(NC)C(C)C(C)C)c1. The van der Waals surface area contributed by atoms with Crippen molar-refractivity contribution in [1.29, 1.82) is 0 Å². The quantitative estimate of drug-likeness (QED) is 0.805. The number of rotatable bonds is 7. The first-order valence-electron chi connectivity index (χ1n) is 6.85. The minimum atomic E-state index is 0.322. The second kappa shape index (κ2) is 7.37. The molecule has 1 rings (SSSR count). The first-order valence-corrected chi connectivity index (χ1v) is 6.85. The zero-order chi connectivity index (χ0) is 13.5. The Morgan fingerprint density at radius 2 is 2.00 bits per heavy atom. The van der Waals surface area contributed by atoms with Crippen molar-refractivity contribution < 1.29 is 4.74 Å². The molecule has 1 aromatic heterocycles. The fourth-order valence-corrected chi connectivity index (χ4v) is 2.02. The molecule has 0 bridgehead atoms. The van der Waals surface area contributed by atoms with Crippen molar-refractivity contribution in [2.45, 2.75) is 40.2 Å². The molecule has 3 nitrogen and oxygen atoms in total. The van der Waals surface area contributed by atoms with Gasteiger partial charge in [0.1, 0.15) is 5.75 Å². The van der Waals surface area contributed by atoms with Crippen molar-refractivity contribution >= 4 is 0 Å². The fourth-order valence-electron chi connectivity index (χ4n) is 2.02. The van der Waals surface area contributed by atoms with Gasteiger partial charge < -0.3 is 10.1 Å². The van der Waals surface area contributed by atoms with Gasteiger partial charge in [-0.05, 0) is 36.9 Å². The third-order valence-corrected chi connectivity index (χ3v) is 3.45. The van der Waals surface area contributed by atoms with Gasteiger partial charge in [0.2, 0.25) is 0 Å². The Labute approximate surface area is 111 Å². The lowest BCUT2D eigenvalue weighted by molar-refractivity contribution is 0.305. The summed E-state index contributed by atoms with van der Waals surface area (Å²) in [5.74, 6) is 2.05. The lowest BCUT2D eigenvalue weighted by Crippen LogP contribution is -2.26. The fraction of sp³-hybridized carbons (Fsp3) is 0.667. The molecule has 2 atom stereocenters. The van der Waals surface area contributed by atoms with E-state index in [4.69, 9.17) is 4.74 Å². The molecule has 0 aromatic carbocycles. The maximum Gasteiger partial charge on any atom is 0.137 e. The number of hydrogen-bond acceptors (Lipinski definition) is 3. The third-order valence-electron chi connectivity index (χ3n) is 3.45. The van der Waals surface area contributed by atoms with E-state index >= 15 is 0 Å². The van der Waals surface area contributed by atoms with Crippen molar-refractivity contribution in [3.63, 3.8) is 0 Å². The Hall–Kier alpha value is -1.09. The summed E-state index contributed by atoms with van der Waals surface area (Å²) in [4.78, 5) is 4.28. The predicted molar refractivity (Wildman–Crippen MR) is 75.8 cm³/mol. The summed E-state index contributed by atoms with van der Waals surface area (Å²) in [5, 5.41) is 3.39. The standard InChI is InChI=1S/C15H26N2O/c1-6-7-18-14-8-13(9-17-10-14)15(16-5)12(4)11(2)3/h8-12,15-16H,6-7H2,1-5H3. The molecular weight excluding hydrogens is 224 g/mol. The number of nitrogens with one attached hydrogen (secondary N) is 1. The summed E-state index contributed by atoms with van der Waals surface area (Å²) in [7, 11) is 2.00. The largest absolute Gasteiger partial charge is 0.492 e. The molecular formula is C15H26N2O. The van der Waals surface area contributed by atoms with Crippen LogP contribution >= 0.6 is 0 Å². The van der Waals surface area contributed by atoms with Gasteiger partial charge in [0.05, 0.1) is 12.8 Å². The Morgan fingerprint density at radius 3 is 2.56 bits per heavy atom. The van der Waals surface area contributed by atoms with E-state index in [2.05, 4.69) is 44.1 Å². The van der Waals surface area contributed by atoms with E-state index in [1.807, 2.05) is 13.2 Å². The molecule has 18 heavy (non-hydrogen) atoms. The molecule has 2 unspecified atom stereocenters. The highest BCUT2D eigenvalue weighted by Crippen LogP contribution is 2.28. The van der Waals surface area contributed by atoms with Crippen LogP contribution in [0.1, 0.15) is 45.7 Å². The lowest BCUT2D eigenvalue weighted by atomic mass is 9.87. The molecule has 0 aliphatic heterocycles. The Balaban J connectivity index is 2.85. The topological polar surface area (TPSA) is 34.1 Å². The monoisotopic (exact) mass is 250 g/mol. The molecule has 0 saturated carbocycles. The van der Waals surface area contributed by atoms with Gasteiger partial charge in [-0.1, -0.05) is 27.7 Å². The summed E-state index contributed by atoms with van der Waals surface area (Å²) in [6, 6.07) is 2.42. The third kappa shape index (κ3) is 3.98. The number of hydrogen-bond donors (Lipinski definition) is 1. The van der Waals surface area contributed by atoms with Gasteiger partial charge in [0, 0.05) is 12.2 Å². The molecule has 0 fully saturated rings. The van der Waals surface area contributed by atoms with Crippen LogP contribution < -0.4 is 10.1 Å². The average molecular weight is 250 g/mol. The van der Waals surface area contributed by atoms with Crippen molar-refractivity contribution in [3.8, 4) is 5.75 Å². The van der Waals surface area contributed by atoms with E-state index < -0.39 is 0 Å². The smallest absolute Gasteiger partial charge is 0.137 e. The van der Waals surface area contributed by atoms with Gasteiger partial charge in [0.25, 0.3) is 0 Å². The van der Waals surface area contributed by atoms with Gasteiger partial charge in [-0.3, -0.25) is 4.98 Å². The zero-order valence-electron chi connectivity index (χ0n) is 12.2. The van der Waals surface area contributed by atoms with Gasteiger partial charge in [0.15, 0.2) is 0 Å². The lowest BCUT2D eigenvalue weighted by Gasteiger charge is -2.27. The van der Waals surface area contributed by atoms with Crippen molar-refractivity contribution in [2.75, 3.05) is 13.7 Å². The summed E-state index contributed by atoms with van der Waals surface area (Å²) < 4.78 is 5.64. The first-order chi connectivity index (χ1) is 8.60. The van der Waals surface area contributed by atoms with Crippen LogP contribution in [0.25, 0.3) is 0 Å².